The van der Waals surface area contributed by atoms with Gasteiger partial charge in [0.15, 0.2) is 0 Å². The zero-order valence-electron chi connectivity index (χ0n) is 12.5. The topological polar surface area (TPSA) is 49.8 Å². The van der Waals surface area contributed by atoms with E-state index in [1.54, 1.807) is 0 Å². The van der Waals surface area contributed by atoms with Crippen LogP contribution in [-0.2, 0) is 14.9 Å². The summed E-state index contributed by atoms with van der Waals surface area (Å²) < 4.78 is 5.36. The quantitative estimate of drug-likeness (QED) is 0.820. The number of hydrogen-bond donors (Lipinski definition) is 1. The van der Waals surface area contributed by atoms with E-state index in [4.69, 9.17) is 4.74 Å². The zero-order valence-corrected chi connectivity index (χ0v) is 13.3. The van der Waals surface area contributed by atoms with Crippen LogP contribution in [0.15, 0.2) is 30.3 Å². The second kappa shape index (κ2) is 8.37. The molecule has 0 atom stereocenters. The third-order valence-corrected chi connectivity index (χ3v) is 4.20. The Kier molecular flexibility index (Phi) is 7.15. The van der Waals surface area contributed by atoms with Crippen LogP contribution in [0.25, 0.3) is 0 Å². The van der Waals surface area contributed by atoms with Crippen LogP contribution in [-0.4, -0.2) is 48.8 Å². The summed E-state index contributed by atoms with van der Waals surface area (Å²) in [5, 5.41) is 9.70. The first-order valence-electron chi connectivity index (χ1n) is 7.28. The van der Waals surface area contributed by atoms with Crippen molar-refractivity contribution >= 4 is 18.4 Å². The van der Waals surface area contributed by atoms with Gasteiger partial charge in [-0.1, -0.05) is 30.3 Å². The second-order valence-electron chi connectivity index (χ2n) is 5.29. The maximum atomic E-state index is 11.8. The lowest BCUT2D eigenvalue weighted by atomic mass is 9.73. The van der Waals surface area contributed by atoms with Crippen LogP contribution >= 0.6 is 12.4 Å². The summed E-state index contributed by atoms with van der Waals surface area (Å²) in [4.78, 5) is 14.1. The van der Waals surface area contributed by atoms with Crippen molar-refractivity contribution in [2.45, 2.75) is 25.2 Å². The number of carboxylic acid groups (broad SMARTS) is 1. The van der Waals surface area contributed by atoms with Gasteiger partial charge >= 0.3 is 5.97 Å². The molecule has 0 aliphatic carbocycles. The maximum absolute atomic E-state index is 11.8. The first-order valence-corrected chi connectivity index (χ1v) is 7.28. The fourth-order valence-corrected chi connectivity index (χ4v) is 2.88. The maximum Gasteiger partial charge on any atom is 0.314 e. The highest BCUT2D eigenvalue weighted by molar-refractivity contribution is 5.85. The summed E-state index contributed by atoms with van der Waals surface area (Å²) in [6, 6.07) is 9.63. The van der Waals surface area contributed by atoms with E-state index in [2.05, 4.69) is 4.90 Å². The highest BCUT2D eigenvalue weighted by Gasteiger charge is 2.42. The summed E-state index contributed by atoms with van der Waals surface area (Å²) >= 11 is 0. The van der Waals surface area contributed by atoms with Crippen LogP contribution in [0.3, 0.4) is 0 Å². The second-order valence-corrected chi connectivity index (χ2v) is 5.29. The molecule has 1 aromatic carbocycles. The van der Waals surface area contributed by atoms with Gasteiger partial charge in [0.2, 0.25) is 0 Å². The van der Waals surface area contributed by atoms with Gasteiger partial charge in [-0.2, -0.15) is 0 Å². The lowest BCUT2D eigenvalue weighted by molar-refractivity contribution is -0.146. The largest absolute Gasteiger partial charge is 0.481 e. The number of carbonyl (C=O) groups is 1. The van der Waals surface area contributed by atoms with Crippen LogP contribution in [0.5, 0.6) is 0 Å². The minimum Gasteiger partial charge on any atom is -0.481 e. The number of rotatable bonds is 6. The SMILES string of the molecule is CCOCCN1CCC(C(=O)O)(c2ccccc2)CC1.Cl. The molecule has 2 rings (SSSR count). The number of nitrogens with zero attached hydrogens (tertiary/aromatic N) is 1. The molecular weight excluding hydrogens is 290 g/mol. The van der Waals surface area contributed by atoms with Gasteiger partial charge in [0.1, 0.15) is 0 Å². The van der Waals surface area contributed by atoms with E-state index in [9.17, 15) is 9.90 Å². The third-order valence-electron chi connectivity index (χ3n) is 4.20. The van der Waals surface area contributed by atoms with Crippen molar-refractivity contribution in [2.24, 2.45) is 0 Å². The van der Waals surface area contributed by atoms with Gasteiger partial charge in [-0.05, 0) is 38.4 Å². The van der Waals surface area contributed by atoms with E-state index in [0.717, 1.165) is 38.4 Å². The van der Waals surface area contributed by atoms with Crippen molar-refractivity contribution in [1.82, 2.24) is 4.90 Å². The molecule has 118 valence electrons. The number of aliphatic carboxylic acids is 1. The normalized spacial score (nSPS) is 18.0. The van der Waals surface area contributed by atoms with Crippen molar-refractivity contribution in [1.29, 1.82) is 0 Å². The number of halogens is 1. The van der Waals surface area contributed by atoms with Crippen molar-refractivity contribution in [2.75, 3.05) is 32.8 Å². The molecule has 21 heavy (non-hydrogen) atoms. The number of piperidine rings is 1. The van der Waals surface area contributed by atoms with Crippen molar-refractivity contribution in [3.05, 3.63) is 35.9 Å². The molecule has 1 fully saturated rings. The molecular formula is C16H24ClNO3. The molecule has 0 bridgehead atoms. The average Bonchev–Trinajstić information content (AvgIpc) is 2.49. The molecule has 0 spiro atoms. The fraction of sp³-hybridized carbons (Fsp3) is 0.562. The number of carboxylic acids is 1. The van der Waals surface area contributed by atoms with Gasteiger partial charge in [0, 0.05) is 13.2 Å². The molecule has 0 unspecified atom stereocenters. The van der Waals surface area contributed by atoms with Crippen LogP contribution < -0.4 is 0 Å². The Labute approximate surface area is 132 Å². The standard InChI is InChI=1S/C16H23NO3.ClH/c1-2-20-13-12-17-10-8-16(9-11-17,15(18)19)14-6-4-3-5-7-14;/h3-7H,2,8-13H2,1H3,(H,18,19);1H. The Bertz CT molecular complexity index is 430. The fourth-order valence-electron chi connectivity index (χ4n) is 2.88. The molecule has 1 aliphatic heterocycles. The molecule has 4 nitrogen and oxygen atoms in total. The molecule has 1 N–H and O–H groups in total. The summed E-state index contributed by atoms with van der Waals surface area (Å²) in [7, 11) is 0. The molecule has 0 saturated carbocycles. The summed E-state index contributed by atoms with van der Waals surface area (Å²) in [5.74, 6) is -0.701. The van der Waals surface area contributed by atoms with Gasteiger partial charge in [0.05, 0.1) is 12.0 Å². The molecule has 0 radical (unpaired) electrons. The summed E-state index contributed by atoms with van der Waals surface area (Å²) in [6.45, 7) is 5.96. The predicted octanol–water partition coefficient (Wildman–Crippen LogP) is 2.56. The zero-order chi connectivity index (χ0) is 14.4. The van der Waals surface area contributed by atoms with Gasteiger partial charge in [-0.3, -0.25) is 4.79 Å². The van der Waals surface area contributed by atoms with E-state index in [1.807, 2.05) is 37.3 Å². The van der Waals surface area contributed by atoms with E-state index in [-0.39, 0.29) is 12.4 Å². The number of likely N-dealkylation sites (tertiary alicyclic amines) is 1. The molecule has 1 aromatic rings. The minimum absolute atomic E-state index is 0. The van der Waals surface area contributed by atoms with E-state index < -0.39 is 11.4 Å². The Hall–Kier alpha value is -1.10. The van der Waals surface area contributed by atoms with Crippen LogP contribution in [0.1, 0.15) is 25.3 Å². The summed E-state index contributed by atoms with van der Waals surface area (Å²) in [5.41, 5.74) is 0.209. The Morgan fingerprint density at radius 1 is 1.29 bits per heavy atom. The smallest absolute Gasteiger partial charge is 0.314 e. The number of ether oxygens (including phenoxy) is 1. The van der Waals surface area contributed by atoms with Crippen LogP contribution in [0.4, 0.5) is 0 Å². The first kappa shape index (κ1) is 18.0. The Balaban J connectivity index is 0.00000220. The van der Waals surface area contributed by atoms with E-state index in [1.165, 1.54) is 0 Å². The Morgan fingerprint density at radius 2 is 1.90 bits per heavy atom. The van der Waals surface area contributed by atoms with Gasteiger partial charge in [-0.15, -0.1) is 12.4 Å². The van der Waals surface area contributed by atoms with E-state index in [0.29, 0.717) is 12.8 Å². The van der Waals surface area contributed by atoms with E-state index >= 15 is 0 Å². The first-order chi connectivity index (χ1) is 9.69. The van der Waals surface area contributed by atoms with Crippen molar-refractivity contribution < 1.29 is 14.6 Å². The molecule has 0 aromatic heterocycles. The van der Waals surface area contributed by atoms with Crippen molar-refractivity contribution in [3.63, 3.8) is 0 Å². The van der Waals surface area contributed by atoms with Gasteiger partial charge in [0.25, 0.3) is 0 Å². The Morgan fingerprint density at radius 3 is 2.43 bits per heavy atom. The average molecular weight is 314 g/mol. The van der Waals surface area contributed by atoms with Gasteiger partial charge < -0.3 is 14.7 Å². The van der Waals surface area contributed by atoms with Crippen LogP contribution in [0.2, 0.25) is 0 Å². The predicted molar refractivity (Wildman–Crippen MR) is 85.2 cm³/mol. The molecule has 1 aliphatic rings. The highest BCUT2D eigenvalue weighted by Crippen LogP contribution is 2.35. The lowest BCUT2D eigenvalue weighted by Crippen LogP contribution is -2.48. The third kappa shape index (κ3) is 4.19. The number of hydrogen-bond acceptors (Lipinski definition) is 3. The minimum atomic E-state index is -0.719. The highest BCUT2D eigenvalue weighted by atomic mass is 35.5. The van der Waals surface area contributed by atoms with Crippen molar-refractivity contribution in [3.8, 4) is 0 Å². The molecule has 1 saturated heterocycles. The van der Waals surface area contributed by atoms with Gasteiger partial charge in [-0.25, -0.2) is 0 Å². The molecule has 0 amide bonds. The van der Waals surface area contributed by atoms with Crippen LogP contribution in [0, 0.1) is 0 Å². The molecule has 1 heterocycles. The summed E-state index contributed by atoms with van der Waals surface area (Å²) in [6.07, 6.45) is 1.33. The lowest BCUT2D eigenvalue weighted by Gasteiger charge is -2.39. The monoisotopic (exact) mass is 313 g/mol. The molecule has 5 heteroatoms. The number of benzene rings is 1.